The fourth-order valence-corrected chi connectivity index (χ4v) is 21.1. The van der Waals surface area contributed by atoms with Gasteiger partial charge in [0.1, 0.15) is 0 Å². The highest BCUT2D eigenvalue weighted by atomic mass is 32.4. The molecule has 0 bridgehead atoms. The van der Waals surface area contributed by atoms with Gasteiger partial charge in [0.2, 0.25) is 0 Å². The lowest BCUT2D eigenvalue weighted by atomic mass is 10.2. The SMILES string of the molecule is CC1=CP(=S)(Cc2ccccc2)C([Si](c2ccccc2)(c2ccccc2)c2cccs2)=C1C. The van der Waals surface area contributed by atoms with Crippen LogP contribution in [0.15, 0.2) is 130 Å². The number of allylic oxidation sites excluding steroid dienone is 2. The topological polar surface area (TPSA) is 0 Å². The maximum Gasteiger partial charge on any atom is 0.192 e. The third-order valence-corrected chi connectivity index (χ3v) is 19.7. The lowest BCUT2D eigenvalue weighted by Gasteiger charge is -2.39. The molecule has 0 N–H and O–H groups in total. The van der Waals surface area contributed by atoms with Crippen LogP contribution in [0.5, 0.6) is 0 Å². The summed E-state index contributed by atoms with van der Waals surface area (Å²) >= 11 is 8.66. The van der Waals surface area contributed by atoms with Gasteiger partial charge in [-0.15, -0.1) is 0 Å². The van der Waals surface area contributed by atoms with E-state index in [2.05, 4.69) is 128 Å². The van der Waals surface area contributed by atoms with Crippen molar-refractivity contribution in [2.45, 2.75) is 20.0 Å². The highest BCUT2D eigenvalue weighted by Crippen LogP contribution is 2.67. The molecule has 0 saturated carbocycles. The van der Waals surface area contributed by atoms with Crippen LogP contribution in [-0.4, -0.2) is 8.07 Å². The van der Waals surface area contributed by atoms with E-state index in [1.807, 2.05) is 11.3 Å². The zero-order chi connectivity index (χ0) is 22.9. The smallest absolute Gasteiger partial charge is 0.152 e. The summed E-state index contributed by atoms with van der Waals surface area (Å²) in [5.74, 6) is 2.47. The standard InChI is InChI=1S/C29H27PS2Si/c1-23-21-30(31,22-25-13-6-3-7-14-25)29(24(23)2)33(28-19-12-20-32-28,26-15-8-4-9-16-26)27-17-10-5-11-18-27/h3-21H,22H2,1-2H3. The lowest BCUT2D eigenvalue weighted by Crippen LogP contribution is -2.67. The summed E-state index contributed by atoms with van der Waals surface area (Å²) in [7, 11) is -2.54. The Morgan fingerprint density at radius 3 is 1.79 bits per heavy atom. The molecule has 0 saturated heterocycles. The van der Waals surface area contributed by atoms with Crippen LogP contribution in [0.25, 0.3) is 0 Å². The Hall–Kier alpha value is -2.29. The third kappa shape index (κ3) is 3.88. The highest BCUT2D eigenvalue weighted by molar-refractivity contribution is 8.19. The van der Waals surface area contributed by atoms with Crippen LogP contribution in [0.1, 0.15) is 19.4 Å². The van der Waals surface area contributed by atoms with E-state index in [1.54, 1.807) is 4.94 Å². The second-order valence-corrected chi connectivity index (χ2v) is 18.7. The van der Waals surface area contributed by atoms with E-state index in [9.17, 15) is 0 Å². The molecule has 5 rings (SSSR count). The Labute approximate surface area is 207 Å². The van der Waals surface area contributed by atoms with Crippen LogP contribution < -0.4 is 14.9 Å². The van der Waals surface area contributed by atoms with E-state index < -0.39 is 14.1 Å². The molecule has 3 aromatic carbocycles. The largest absolute Gasteiger partial charge is 0.192 e. The summed E-state index contributed by atoms with van der Waals surface area (Å²) in [6, 6.07) is 35.8. The molecule has 1 aliphatic heterocycles. The number of thiophene rings is 1. The number of rotatable bonds is 6. The van der Waals surface area contributed by atoms with E-state index in [4.69, 9.17) is 11.8 Å². The molecule has 0 aliphatic carbocycles. The molecular formula is C29H27PS2Si. The van der Waals surface area contributed by atoms with E-state index >= 15 is 0 Å². The van der Waals surface area contributed by atoms with Gasteiger partial charge in [0.25, 0.3) is 0 Å². The van der Waals surface area contributed by atoms with Gasteiger partial charge in [-0.05, 0) is 57.1 Å². The van der Waals surface area contributed by atoms with Gasteiger partial charge in [-0.2, -0.15) is 11.3 Å². The Kier molecular flexibility index (Phi) is 6.24. The van der Waals surface area contributed by atoms with Crippen LogP contribution in [-0.2, 0) is 18.0 Å². The van der Waals surface area contributed by atoms with Gasteiger partial charge in [0.15, 0.2) is 8.07 Å². The Bertz CT molecular complexity index is 1320. The van der Waals surface area contributed by atoms with Gasteiger partial charge in [-0.25, -0.2) is 0 Å². The number of benzene rings is 3. The molecule has 33 heavy (non-hydrogen) atoms. The minimum atomic E-state index is -2.54. The maximum atomic E-state index is 6.76. The molecule has 1 aromatic heterocycles. The van der Waals surface area contributed by atoms with Crippen molar-refractivity contribution in [2.75, 3.05) is 0 Å². The molecule has 0 fully saturated rings. The normalized spacial score (nSPS) is 18.4. The first-order valence-electron chi connectivity index (χ1n) is 11.3. The lowest BCUT2D eigenvalue weighted by molar-refractivity contribution is 1.37. The average molecular weight is 499 g/mol. The molecule has 0 spiro atoms. The molecule has 4 heteroatoms. The summed E-state index contributed by atoms with van der Waals surface area (Å²) in [6.07, 6.45) is 0.937. The van der Waals surface area contributed by atoms with E-state index in [0.717, 1.165) is 6.16 Å². The van der Waals surface area contributed by atoms with Crippen molar-refractivity contribution < 1.29 is 0 Å². The van der Waals surface area contributed by atoms with Gasteiger partial charge in [-0.3, -0.25) is 0 Å². The number of hydrogen-bond donors (Lipinski definition) is 0. The first-order chi connectivity index (χ1) is 16.1. The highest BCUT2D eigenvalue weighted by Gasteiger charge is 2.50. The summed E-state index contributed by atoms with van der Waals surface area (Å²) in [4.78, 5) is 1.56. The summed E-state index contributed by atoms with van der Waals surface area (Å²) in [6.45, 7) is 4.58. The van der Waals surface area contributed by atoms with Crippen molar-refractivity contribution in [1.82, 2.24) is 0 Å². The van der Waals surface area contributed by atoms with E-state index in [0.29, 0.717) is 0 Å². The first kappa shape index (κ1) is 22.5. The second-order valence-electron chi connectivity index (χ2n) is 8.68. The molecule has 0 amide bonds. The van der Waals surface area contributed by atoms with Gasteiger partial charge < -0.3 is 0 Å². The quantitative estimate of drug-likeness (QED) is 0.212. The Morgan fingerprint density at radius 1 is 0.727 bits per heavy atom. The van der Waals surface area contributed by atoms with E-state index in [1.165, 1.54) is 31.6 Å². The molecule has 164 valence electrons. The van der Waals surface area contributed by atoms with Gasteiger partial charge in [0.05, 0.1) is 0 Å². The minimum Gasteiger partial charge on any atom is -0.152 e. The van der Waals surface area contributed by atoms with Crippen molar-refractivity contribution in [3.8, 4) is 0 Å². The number of hydrogen-bond acceptors (Lipinski definition) is 2. The molecule has 0 radical (unpaired) electrons. The average Bonchev–Trinajstić information content (AvgIpc) is 3.45. The van der Waals surface area contributed by atoms with Crippen molar-refractivity contribution in [3.63, 3.8) is 0 Å². The first-order valence-corrected chi connectivity index (χ1v) is 17.2. The van der Waals surface area contributed by atoms with Crippen molar-refractivity contribution >= 4 is 52.1 Å². The predicted octanol–water partition coefficient (Wildman–Crippen LogP) is 6.63. The molecule has 0 nitrogen and oxygen atoms in total. The van der Waals surface area contributed by atoms with Crippen LogP contribution in [0.3, 0.4) is 0 Å². The van der Waals surface area contributed by atoms with Crippen LogP contribution in [0.4, 0.5) is 0 Å². The van der Waals surface area contributed by atoms with E-state index in [-0.39, 0.29) is 0 Å². The van der Waals surface area contributed by atoms with Crippen LogP contribution in [0.2, 0.25) is 0 Å². The molecule has 1 aliphatic rings. The Morgan fingerprint density at radius 2 is 1.27 bits per heavy atom. The van der Waals surface area contributed by atoms with Crippen molar-refractivity contribution in [1.29, 1.82) is 0 Å². The molecular weight excluding hydrogens is 472 g/mol. The maximum absolute atomic E-state index is 6.76. The van der Waals surface area contributed by atoms with Gasteiger partial charge in [0, 0.05) is 16.7 Å². The third-order valence-electron chi connectivity index (χ3n) is 6.65. The zero-order valence-corrected chi connectivity index (χ0v) is 22.5. The monoisotopic (exact) mass is 498 g/mol. The van der Waals surface area contributed by atoms with Crippen LogP contribution >= 0.6 is 17.4 Å². The molecule has 1 atom stereocenters. The summed E-state index contributed by atoms with van der Waals surface area (Å²) < 4.78 is 1.47. The van der Waals surface area contributed by atoms with Gasteiger partial charge in [-0.1, -0.05) is 115 Å². The fourth-order valence-electron chi connectivity index (χ4n) is 5.20. The van der Waals surface area contributed by atoms with Crippen LogP contribution in [0, 0.1) is 0 Å². The summed E-state index contributed by atoms with van der Waals surface area (Å²) in [5, 5.41) is 5.09. The molecule has 4 aromatic rings. The fraction of sp³-hybridized carbons (Fsp3) is 0.103. The summed E-state index contributed by atoms with van der Waals surface area (Å²) in [5.41, 5.74) is 4.12. The molecule has 1 unspecified atom stereocenters. The zero-order valence-electron chi connectivity index (χ0n) is 18.9. The second kappa shape index (κ2) is 9.16. The molecule has 2 heterocycles. The Balaban J connectivity index is 1.86. The minimum absolute atomic E-state index is 0.937. The van der Waals surface area contributed by atoms with Crippen molar-refractivity contribution in [3.05, 3.63) is 136 Å². The van der Waals surface area contributed by atoms with Gasteiger partial charge >= 0.3 is 0 Å². The van der Waals surface area contributed by atoms with Crippen molar-refractivity contribution in [2.24, 2.45) is 0 Å². The predicted molar refractivity (Wildman–Crippen MR) is 153 cm³/mol.